The van der Waals surface area contributed by atoms with E-state index in [4.69, 9.17) is 4.74 Å². The lowest BCUT2D eigenvalue weighted by Gasteiger charge is -2.23. The van der Waals surface area contributed by atoms with Crippen LogP contribution < -0.4 is 0 Å². The van der Waals surface area contributed by atoms with Crippen molar-refractivity contribution in [2.45, 2.75) is 76.9 Å². The van der Waals surface area contributed by atoms with Crippen LogP contribution in [0.25, 0.3) is 0 Å². The minimum atomic E-state index is -0.482. The van der Waals surface area contributed by atoms with Crippen molar-refractivity contribution < 1.29 is 19.4 Å². The van der Waals surface area contributed by atoms with E-state index in [0.29, 0.717) is 17.8 Å². The summed E-state index contributed by atoms with van der Waals surface area (Å²) < 4.78 is 4.77. The molecular formula is C29H39NO4S. The standard InChI is InChI=1S/C29H39NO4S/c1-22(10-5-3-6-11-23-12-7-4-8-13-23)26(31)18-15-24-16-20-28(32)30(24)21-9-14-25-17-19-27(35-25)29(33)34-2/h4,7-8,12-13,15,17-19,22,24,26,31H,3,5-6,9-11,14,16,20-21H2,1-2H3/t22-,24+,26-/m1/s1. The maximum atomic E-state index is 12.4. The lowest BCUT2D eigenvalue weighted by Crippen LogP contribution is -2.33. The van der Waals surface area contributed by atoms with Gasteiger partial charge in [-0.15, -0.1) is 11.3 Å². The summed E-state index contributed by atoms with van der Waals surface area (Å²) in [6.07, 6.45) is 12.1. The second-order valence-electron chi connectivity index (χ2n) is 9.49. The predicted octanol–water partition coefficient (Wildman–Crippen LogP) is 5.81. The molecular weight excluding hydrogens is 458 g/mol. The molecule has 1 aromatic heterocycles. The third kappa shape index (κ3) is 8.62. The van der Waals surface area contributed by atoms with Gasteiger partial charge < -0.3 is 14.7 Å². The molecule has 1 aromatic carbocycles. The number of methoxy groups -OCH3 is 1. The zero-order valence-electron chi connectivity index (χ0n) is 21.0. The molecule has 0 radical (unpaired) electrons. The summed E-state index contributed by atoms with van der Waals surface area (Å²) in [6, 6.07) is 14.4. The quantitative estimate of drug-likeness (QED) is 0.203. The number of amides is 1. The molecule has 0 spiro atoms. The smallest absolute Gasteiger partial charge is 0.348 e. The van der Waals surface area contributed by atoms with E-state index >= 15 is 0 Å². The minimum absolute atomic E-state index is 0.0594. The van der Waals surface area contributed by atoms with Crippen molar-refractivity contribution in [1.29, 1.82) is 0 Å². The third-order valence-corrected chi connectivity index (χ3v) is 7.95. The maximum absolute atomic E-state index is 12.4. The molecule has 2 aromatic rings. The number of rotatable bonds is 14. The molecule has 1 aliphatic rings. The molecule has 6 heteroatoms. The van der Waals surface area contributed by atoms with Crippen LogP contribution in [0.1, 0.15) is 72.0 Å². The Morgan fingerprint density at radius 2 is 1.94 bits per heavy atom. The normalized spacial score (nSPS) is 17.7. The Labute approximate surface area is 213 Å². The summed E-state index contributed by atoms with van der Waals surface area (Å²) >= 11 is 1.45. The zero-order valence-corrected chi connectivity index (χ0v) is 21.8. The number of thiophene rings is 1. The monoisotopic (exact) mass is 497 g/mol. The van der Waals surface area contributed by atoms with Gasteiger partial charge in [-0.25, -0.2) is 4.79 Å². The summed E-state index contributed by atoms with van der Waals surface area (Å²) in [7, 11) is 1.39. The number of esters is 1. The predicted molar refractivity (Wildman–Crippen MR) is 142 cm³/mol. The van der Waals surface area contributed by atoms with E-state index in [9.17, 15) is 14.7 Å². The van der Waals surface area contributed by atoms with Gasteiger partial charge in [0.05, 0.1) is 19.3 Å². The SMILES string of the molecule is COC(=O)c1ccc(CCCN2C(=O)CC[C@@H]2C=C[C@@H](O)[C@H](C)CCCCCc2ccccc2)s1. The Morgan fingerprint density at radius 1 is 1.14 bits per heavy atom. The number of likely N-dealkylation sites (tertiary alicyclic amines) is 1. The average molecular weight is 498 g/mol. The fraction of sp³-hybridized carbons (Fsp3) is 0.517. The molecule has 0 unspecified atom stereocenters. The number of hydrogen-bond donors (Lipinski definition) is 1. The number of benzene rings is 1. The van der Waals surface area contributed by atoms with Gasteiger partial charge in [-0.3, -0.25) is 4.79 Å². The molecule has 2 heterocycles. The summed E-state index contributed by atoms with van der Waals surface area (Å²) in [4.78, 5) is 27.7. The summed E-state index contributed by atoms with van der Waals surface area (Å²) in [6.45, 7) is 2.79. The first-order valence-corrected chi connectivity index (χ1v) is 13.7. The van der Waals surface area contributed by atoms with E-state index in [2.05, 4.69) is 37.3 Å². The Morgan fingerprint density at radius 3 is 2.71 bits per heavy atom. The van der Waals surface area contributed by atoms with Crippen LogP contribution in [0.4, 0.5) is 0 Å². The van der Waals surface area contributed by atoms with Crippen LogP contribution in [0.2, 0.25) is 0 Å². The van der Waals surface area contributed by atoms with Gasteiger partial charge in [-0.2, -0.15) is 0 Å². The summed E-state index contributed by atoms with van der Waals surface area (Å²) in [5.74, 6) is 0.0829. The largest absolute Gasteiger partial charge is 0.465 e. The summed E-state index contributed by atoms with van der Waals surface area (Å²) in [5, 5.41) is 10.6. The first-order chi connectivity index (χ1) is 17.0. The average Bonchev–Trinajstić information content (AvgIpc) is 3.49. The van der Waals surface area contributed by atoms with Gasteiger partial charge >= 0.3 is 5.97 Å². The molecule has 35 heavy (non-hydrogen) atoms. The molecule has 1 aliphatic heterocycles. The molecule has 1 amide bonds. The van der Waals surface area contributed by atoms with Gasteiger partial charge in [0.15, 0.2) is 0 Å². The highest BCUT2D eigenvalue weighted by Crippen LogP contribution is 2.24. The number of hydrogen-bond acceptors (Lipinski definition) is 5. The molecule has 0 aliphatic carbocycles. The molecule has 190 valence electrons. The second-order valence-corrected chi connectivity index (χ2v) is 10.7. The fourth-order valence-electron chi connectivity index (χ4n) is 4.61. The Hall–Kier alpha value is -2.44. The topological polar surface area (TPSA) is 66.8 Å². The van der Waals surface area contributed by atoms with Crippen molar-refractivity contribution in [1.82, 2.24) is 4.90 Å². The van der Waals surface area contributed by atoms with E-state index in [0.717, 1.165) is 43.4 Å². The molecule has 1 fully saturated rings. The number of carbonyl (C=O) groups excluding carboxylic acids is 2. The number of ether oxygens (including phenoxy) is 1. The van der Waals surface area contributed by atoms with Crippen LogP contribution in [-0.2, 0) is 22.4 Å². The second kappa shape index (κ2) is 14.2. The van der Waals surface area contributed by atoms with Crippen LogP contribution in [-0.4, -0.2) is 47.7 Å². The van der Waals surface area contributed by atoms with E-state index in [1.54, 1.807) is 6.07 Å². The highest BCUT2D eigenvalue weighted by molar-refractivity contribution is 7.13. The van der Waals surface area contributed by atoms with Crippen molar-refractivity contribution in [2.75, 3.05) is 13.7 Å². The van der Waals surface area contributed by atoms with E-state index in [-0.39, 0.29) is 23.8 Å². The summed E-state index contributed by atoms with van der Waals surface area (Å²) in [5.41, 5.74) is 1.39. The van der Waals surface area contributed by atoms with Gasteiger partial charge in [-0.1, -0.05) is 62.2 Å². The first-order valence-electron chi connectivity index (χ1n) is 12.8. The number of unbranched alkanes of at least 4 members (excludes halogenated alkanes) is 2. The number of nitrogens with zero attached hydrogens (tertiary/aromatic N) is 1. The van der Waals surface area contributed by atoms with Crippen molar-refractivity contribution in [3.05, 3.63) is 69.9 Å². The highest BCUT2D eigenvalue weighted by atomic mass is 32.1. The van der Waals surface area contributed by atoms with Gasteiger partial charge in [0, 0.05) is 17.8 Å². The number of aliphatic hydroxyl groups is 1. The lowest BCUT2D eigenvalue weighted by atomic mass is 9.95. The van der Waals surface area contributed by atoms with Gasteiger partial charge in [0.25, 0.3) is 0 Å². The van der Waals surface area contributed by atoms with Gasteiger partial charge in [-0.05, 0) is 62.1 Å². The van der Waals surface area contributed by atoms with E-state index < -0.39 is 6.10 Å². The van der Waals surface area contributed by atoms with Crippen LogP contribution in [0.5, 0.6) is 0 Å². The molecule has 0 bridgehead atoms. The Kier molecular flexibility index (Phi) is 11.0. The molecule has 1 saturated heterocycles. The molecule has 0 saturated carbocycles. The van der Waals surface area contributed by atoms with E-state index in [1.807, 2.05) is 23.1 Å². The first kappa shape index (κ1) is 27.2. The van der Waals surface area contributed by atoms with Crippen LogP contribution >= 0.6 is 11.3 Å². The van der Waals surface area contributed by atoms with E-state index in [1.165, 1.54) is 36.9 Å². The van der Waals surface area contributed by atoms with Crippen molar-refractivity contribution >= 4 is 23.2 Å². The van der Waals surface area contributed by atoms with Gasteiger partial charge in [0.2, 0.25) is 5.91 Å². The number of aliphatic hydroxyl groups excluding tert-OH is 1. The Balaban J connectivity index is 1.37. The van der Waals surface area contributed by atoms with Crippen molar-refractivity contribution in [3.63, 3.8) is 0 Å². The molecule has 5 nitrogen and oxygen atoms in total. The van der Waals surface area contributed by atoms with Gasteiger partial charge in [0.1, 0.15) is 4.88 Å². The Bertz CT molecular complexity index is 955. The van der Waals surface area contributed by atoms with Crippen molar-refractivity contribution in [2.24, 2.45) is 5.92 Å². The minimum Gasteiger partial charge on any atom is -0.465 e. The lowest BCUT2D eigenvalue weighted by molar-refractivity contribution is -0.128. The molecule has 3 atom stereocenters. The zero-order chi connectivity index (χ0) is 25.0. The molecule has 3 rings (SSSR count). The van der Waals surface area contributed by atoms with Crippen LogP contribution in [0, 0.1) is 5.92 Å². The third-order valence-electron chi connectivity index (χ3n) is 6.83. The highest BCUT2D eigenvalue weighted by Gasteiger charge is 2.28. The molecule has 1 N–H and O–H groups in total. The number of aryl methyl sites for hydroxylation is 2. The number of carbonyl (C=O) groups is 2. The maximum Gasteiger partial charge on any atom is 0.348 e. The van der Waals surface area contributed by atoms with Crippen LogP contribution in [0.15, 0.2) is 54.6 Å². The fourth-order valence-corrected chi connectivity index (χ4v) is 5.58. The van der Waals surface area contributed by atoms with Crippen molar-refractivity contribution in [3.8, 4) is 0 Å². The van der Waals surface area contributed by atoms with Crippen LogP contribution in [0.3, 0.4) is 0 Å².